The maximum Gasteiger partial charge on any atom is 0.338 e. The molecule has 0 radical (unpaired) electrons. The molecule has 1 saturated heterocycles. The van der Waals surface area contributed by atoms with Crippen molar-refractivity contribution in [3.8, 4) is 0 Å². The van der Waals surface area contributed by atoms with E-state index in [9.17, 15) is 29.4 Å². The second kappa shape index (κ2) is 8.56. The summed E-state index contributed by atoms with van der Waals surface area (Å²) in [4.78, 5) is 53.3. The second-order valence-corrected chi connectivity index (χ2v) is 11.9. The summed E-state index contributed by atoms with van der Waals surface area (Å²) in [7, 11) is 0. The third-order valence-electron chi connectivity index (χ3n) is 9.72. The number of fused-ring (bicyclic) bond motifs is 5. The van der Waals surface area contributed by atoms with E-state index in [1.807, 2.05) is 0 Å². The van der Waals surface area contributed by atoms with Crippen LogP contribution in [0.1, 0.15) is 57.8 Å². The lowest BCUT2D eigenvalue weighted by atomic mass is 9.45. The lowest BCUT2D eigenvalue weighted by molar-refractivity contribution is -0.342. The first-order chi connectivity index (χ1) is 17.7. The van der Waals surface area contributed by atoms with Gasteiger partial charge < -0.3 is 24.4 Å². The van der Waals surface area contributed by atoms with Gasteiger partial charge in [0.25, 0.3) is 0 Å². The summed E-state index contributed by atoms with van der Waals surface area (Å²) in [5.41, 5.74) is -5.69. The van der Waals surface area contributed by atoms with Crippen LogP contribution < -0.4 is 0 Å². The Bertz CT molecular complexity index is 1240. The number of carbonyl (C=O) groups excluding carboxylic acids is 4. The van der Waals surface area contributed by atoms with Crippen LogP contribution in [0.4, 0.5) is 0 Å². The van der Waals surface area contributed by atoms with Crippen molar-refractivity contribution in [1.82, 2.24) is 0 Å². The van der Waals surface area contributed by atoms with Crippen LogP contribution in [-0.4, -0.2) is 69.8 Å². The van der Waals surface area contributed by atoms with Gasteiger partial charge in [0.15, 0.2) is 11.4 Å². The molecule has 1 heterocycles. The largest absolute Gasteiger partial charge is 0.455 e. The number of Topliss-reactive ketones (excluding diaryl/α,β-unsaturated/α-hetero) is 1. The van der Waals surface area contributed by atoms with E-state index in [4.69, 9.17) is 14.2 Å². The molecule has 1 aromatic carbocycles. The van der Waals surface area contributed by atoms with E-state index in [1.165, 1.54) is 13.0 Å². The van der Waals surface area contributed by atoms with Gasteiger partial charge in [0, 0.05) is 31.1 Å². The van der Waals surface area contributed by atoms with Crippen LogP contribution in [0.25, 0.3) is 0 Å². The number of esters is 2. The third-order valence-corrected chi connectivity index (χ3v) is 9.72. The first-order valence-corrected chi connectivity index (χ1v) is 13.0. The van der Waals surface area contributed by atoms with Gasteiger partial charge in [-0.25, -0.2) is 4.79 Å². The summed E-state index contributed by atoms with van der Waals surface area (Å²) in [6.07, 6.45) is -2.56. The Balaban J connectivity index is 1.80. The Kier molecular flexibility index (Phi) is 6.02. The molecule has 3 fully saturated rings. The summed E-state index contributed by atoms with van der Waals surface area (Å²) < 4.78 is 17.7. The highest BCUT2D eigenvalue weighted by Crippen LogP contribution is 2.63. The number of ether oxygens (including phenoxy) is 3. The quantitative estimate of drug-likeness (QED) is 0.568. The molecule has 3 aliphatic carbocycles. The second-order valence-electron chi connectivity index (χ2n) is 11.9. The fraction of sp³-hybridized carbons (Fsp3) is 0.586. The lowest BCUT2D eigenvalue weighted by Gasteiger charge is -2.66. The summed E-state index contributed by atoms with van der Waals surface area (Å²) in [5.74, 6) is -4.10. The predicted octanol–water partition coefficient (Wildman–Crippen LogP) is 2.18. The van der Waals surface area contributed by atoms with Crippen LogP contribution in [0, 0.1) is 22.7 Å². The van der Waals surface area contributed by atoms with E-state index in [2.05, 4.69) is 0 Å². The zero-order chi connectivity index (χ0) is 27.8. The van der Waals surface area contributed by atoms with Crippen molar-refractivity contribution in [2.45, 2.75) is 77.0 Å². The first-order valence-electron chi connectivity index (χ1n) is 13.0. The van der Waals surface area contributed by atoms with E-state index < -0.39 is 69.9 Å². The van der Waals surface area contributed by atoms with Crippen LogP contribution in [0.3, 0.4) is 0 Å². The molecule has 1 aromatic rings. The topological polar surface area (TPSA) is 136 Å². The van der Waals surface area contributed by atoms with Gasteiger partial charge in [0.1, 0.15) is 23.6 Å². The number of rotatable bonds is 3. The van der Waals surface area contributed by atoms with Gasteiger partial charge in [-0.05, 0) is 30.7 Å². The molecule has 1 aliphatic heterocycles. The van der Waals surface area contributed by atoms with Gasteiger partial charge in [-0.1, -0.05) is 39.0 Å². The third kappa shape index (κ3) is 3.41. The van der Waals surface area contributed by atoms with Gasteiger partial charge in [0.2, 0.25) is 0 Å². The molecule has 0 unspecified atom stereocenters. The van der Waals surface area contributed by atoms with Gasteiger partial charge in [-0.2, -0.15) is 0 Å². The normalized spacial score (nSPS) is 42.7. The minimum absolute atomic E-state index is 0.00481. The fourth-order valence-corrected chi connectivity index (χ4v) is 7.26. The molecule has 2 N–H and O–H groups in total. The minimum Gasteiger partial charge on any atom is -0.455 e. The molecule has 0 amide bonds. The molecule has 0 aromatic heterocycles. The highest BCUT2D eigenvalue weighted by Gasteiger charge is 2.76. The molecule has 9 heteroatoms. The molecule has 5 rings (SSSR count). The number of ketones is 2. The van der Waals surface area contributed by atoms with Gasteiger partial charge >= 0.3 is 11.9 Å². The number of hydrogen-bond donors (Lipinski definition) is 2. The number of aliphatic hydroxyl groups excluding tert-OH is 1. The molecule has 38 heavy (non-hydrogen) atoms. The van der Waals surface area contributed by atoms with Crippen molar-refractivity contribution in [1.29, 1.82) is 0 Å². The number of carbonyl (C=O) groups is 4. The van der Waals surface area contributed by atoms with Crippen molar-refractivity contribution < 1.29 is 43.6 Å². The molecular formula is C29H34O9. The highest BCUT2D eigenvalue weighted by atomic mass is 16.6. The predicted molar refractivity (Wildman–Crippen MR) is 133 cm³/mol. The van der Waals surface area contributed by atoms with Crippen LogP contribution in [0.5, 0.6) is 0 Å². The Labute approximate surface area is 221 Å². The zero-order valence-corrected chi connectivity index (χ0v) is 22.2. The number of aliphatic hydroxyl groups is 2. The Hall–Kier alpha value is -2.88. The molecule has 2 bridgehead atoms. The maximum absolute atomic E-state index is 14.1. The van der Waals surface area contributed by atoms with Crippen molar-refractivity contribution >= 4 is 23.5 Å². The van der Waals surface area contributed by atoms with E-state index in [1.54, 1.807) is 58.0 Å². The Morgan fingerprint density at radius 3 is 2.34 bits per heavy atom. The summed E-state index contributed by atoms with van der Waals surface area (Å²) >= 11 is 0. The smallest absolute Gasteiger partial charge is 0.338 e. The van der Waals surface area contributed by atoms with Crippen LogP contribution in [0.2, 0.25) is 0 Å². The Morgan fingerprint density at radius 1 is 1.11 bits per heavy atom. The van der Waals surface area contributed by atoms with Crippen LogP contribution >= 0.6 is 0 Å². The molecular weight excluding hydrogens is 492 g/mol. The molecule has 2 saturated carbocycles. The standard InChI is InChI=1S/C29H34O9/c1-15-18-11-20(32)27(5)21(33)12-22-28(14-36-22,38-16(2)30)23(27)24(29(35,13-19(15)31)26(18,3)4)37-25(34)17-9-7-6-8-10-17/h6-11,15,21-24,33,35H,12-14H2,1-5H3/b18-11-/t15-,21+,22-,23+,24+,27-,28+,29-/m1/s1. The van der Waals surface area contributed by atoms with Crippen molar-refractivity contribution in [2.75, 3.05) is 6.61 Å². The molecule has 0 spiro atoms. The summed E-state index contributed by atoms with van der Waals surface area (Å²) in [6.45, 7) is 7.78. The van der Waals surface area contributed by atoms with E-state index in [0.29, 0.717) is 5.57 Å². The van der Waals surface area contributed by atoms with Gasteiger partial charge in [-0.3, -0.25) is 14.4 Å². The zero-order valence-electron chi connectivity index (χ0n) is 22.2. The van der Waals surface area contributed by atoms with Crippen molar-refractivity contribution in [3.63, 3.8) is 0 Å². The van der Waals surface area contributed by atoms with E-state index >= 15 is 0 Å². The number of benzene rings is 1. The average Bonchev–Trinajstić information content (AvgIpc) is 2.85. The summed E-state index contributed by atoms with van der Waals surface area (Å²) in [6, 6.07) is 8.16. The van der Waals surface area contributed by atoms with Crippen LogP contribution in [0.15, 0.2) is 42.0 Å². The number of hydrogen-bond acceptors (Lipinski definition) is 9. The SMILES string of the molecule is CC(=O)O[C@@]12CO[C@@H]1C[C@H](O)[C@@]1(C)C(=O)/C=C3/[C@@H](C)C(=O)C[C@@](O)([C@@H](OC(=O)c4ccccc4)[C@H]21)C3(C)C. The lowest BCUT2D eigenvalue weighted by Crippen LogP contribution is -2.80. The molecule has 9 nitrogen and oxygen atoms in total. The first kappa shape index (κ1) is 26.7. The monoisotopic (exact) mass is 526 g/mol. The average molecular weight is 527 g/mol. The Morgan fingerprint density at radius 2 is 1.76 bits per heavy atom. The maximum atomic E-state index is 14.1. The highest BCUT2D eigenvalue weighted by molar-refractivity contribution is 5.99. The van der Waals surface area contributed by atoms with Gasteiger partial charge in [-0.15, -0.1) is 0 Å². The molecule has 8 atom stereocenters. The summed E-state index contributed by atoms with van der Waals surface area (Å²) in [5, 5.41) is 24.0. The fourth-order valence-electron chi connectivity index (χ4n) is 7.26. The van der Waals surface area contributed by atoms with Gasteiger partial charge in [0.05, 0.1) is 29.6 Å². The molecule has 4 aliphatic rings. The minimum atomic E-state index is -2.00. The number of allylic oxidation sites excluding steroid dienone is 1. The van der Waals surface area contributed by atoms with E-state index in [0.717, 1.165) is 0 Å². The van der Waals surface area contributed by atoms with Crippen molar-refractivity contribution in [2.24, 2.45) is 22.7 Å². The molecule has 204 valence electrons. The van der Waals surface area contributed by atoms with E-state index in [-0.39, 0.29) is 30.8 Å². The van der Waals surface area contributed by atoms with Crippen LogP contribution in [-0.2, 0) is 28.6 Å². The van der Waals surface area contributed by atoms with Crippen molar-refractivity contribution in [3.05, 3.63) is 47.5 Å².